The molecule has 0 bridgehead atoms. The lowest BCUT2D eigenvalue weighted by molar-refractivity contribution is -0.160. The van der Waals surface area contributed by atoms with Gasteiger partial charge in [-0.15, -0.1) is 0 Å². The molecular formula is C27H33NO8. The van der Waals surface area contributed by atoms with Gasteiger partial charge in [-0.2, -0.15) is 0 Å². The fourth-order valence-electron chi connectivity index (χ4n) is 7.14. The Bertz CT molecular complexity index is 1140. The standard InChI is InChI=1S/C27H33NO8/c1-14(29)35-17-11-26(2)16(7-8-18(26)30)20-22(17)27(3)19(13-34-4)36-25(33)15(12-28-9-5-6-10-28)21(27)24(32)23(20)31/h12,16-17,19,32H,5-11,13H2,1-4H3/b15-12+/t16?,17?,19-,26+,27+/m1/s1. The van der Waals surface area contributed by atoms with Crippen molar-refractivity contribution in [2.24, 2.45) is 16.7 Å². The van der Waals surface area contributed by atoms with Crippen LogP contribution in [0.4, 0.5) is 0 Å². The van der Waals surface area contributed by atoms with Gasteiger partial charge in [-0.25, -0.2) is 4.79 Å². The second-order valence-corrected chi connectivity index (χ2v) is 11.0. The first kappa shape index (κ1) is 24.7. The number of carbonyl (C=O) groups excluding carboxylic acids is 4. The minimum atomic E-state index is -1.20. The van der Waals surface area contributed by atoms with Gasteiger partial charge in [-0.1, -0.05) is 6.92 Å². The predicted octanol–water partition coefficient (Wildman–Crippen LogP) is 2.56. The van der Waals surface area contributed by atoms with Gasteiger partial charge in [0.05, 0.1) is 17.6 Å². The third kappa shape index (κ3) is 3.38. The minimum absolute atomic E-state index is 0.00857. The number of carbonyl (C=O) groups is 4. The van der Waals surface area contributed by atoms with Crippen LogP contribution in [0.1, 0.15) is 52.9 Å². The van der Waals surface area contributed by atoms with Crippen molar-refractivity contribution in [3.8, 4) is 0 Å². The molecular weight excluding hydrogens is 466 g/mol. The van der Waals surface area contributed by atoms with Gasteiger partial charge in [0.2, 0.25) is 5.78 Å². The summed E-state index contributed by atoms with van der Waals surface area (Å²) in [4.78, 5) is 54.3. The number of cyclic esters (lactones) is 1. The summed E-state index contributed by atoms with van der Waals surface area (Å²) in [7, 11) is 1.48. The Kier molecular flexibility index (Phi) is 5.89. The van der Waals surface area contributed by atoms with E-state index >= 15 is 0 Å². The van der Waals surface area contributed by atoms with E-state index in [1.165, 1.54) is 14.0 Å². The van der Waals surface area contributed by atoms with Gasteiger partial charge < -0.3 is 24.2 Å². The van der Waals surface area contributed by atoms with E-state index in [1.807, 2.05) is 18.7 Å². The van der Waals surface area contributed by atoms with Gasteiger partial charge >= 0.3 is 11.9 Å². The van der Waals surface area contributed by atoms with Crippen LogP contribution in [0, 0.1) is 16.7 Å². The van der Waals surface area contributed by atoms with E-state index in [0.717, 1.165) is 25.9 Å². The smallest absolute Gasteiger partial charge is 0.340 e. The molecule has 3 fully saturated rings. The van der Waals surface area contributed by atoms with Crippen molar-refractivity contribution in [3.63, 3.8) is 0 Å². The lowest BCUT2D eigenvalue weighted by Crippen LogP contribution is -2.57. The third-order valence-corrected chi connectivity index (χ3v) is 8.87. The van der Waals surface area contributed by atoms with Crippen LogP contribution >= 0.6 is 0 Å². The molecule has 5 atom stereocenters. The highest BCUT2D eigenvalue weighted by Gasteiger charge is 2.64. The molecule has 2 saturated heterocycles. The number of nitrogens with zero attached hydrogens (tertiary/aromatic N) is 1. The summed E-state index contributed by atoms with van der Waals surface area (Å²) in [5.41, 5.74) is -0.962. The zero-order chi connectivity index (χ0) is 26.0. The van der Waals surface area contributed by atoms with Crippen LogP contribution in [0.5, 0.6) is 0 Å². The molecule has 5 aliphatic rings. The van der Waals surface area contributed by atoms with Gasteiger partial charge in [-0.3, -0.25) is 14.4 Å². The quantitative estimate of drug-likeness (QED) is 0.460. The van der Waals surface area contributed by atoms with Crippen LogP contribution in [0.3, 0.4) is 0 Å². The number of methoxy groups -OCH3 is 1. The molecule has 3 aliphatic carbocycles. The number of rotatable bonds is 4. The number of ether oxygens (including phenoxy) is 3. The molecule has 5 rings (SSSR count). The molecule has 0 aromatic rings. The number of aliphatic hydroxyl groups is 1. The molecule has 0 aromatic heterocycles. The summed E-state index contributed by atoms with van der Waals surface area (Å²) in [6.45, 7) is 6.43. The van der Waals surface area contributed by atoms with Crippen molar-refractivity contribution in [1.82, 2.24) is 4.90 Å². The van der Waals surface area contributed by atoms with Crippen molar-refractivity contribution < 1.29 is 38.5 Å². The van der Waals surface area contributed by atoms with E-state index in [2.05, 4.69) is 0 Å². The fraction of sp³-hybridized carbons (Fsp3) is 0.630. The molecule has 2 heterocycles. The number of esters is 2. The molecule has 9 heteroatoms. The summed E-state index contributed by atoms with van der Waals surface area (Å²) >= 11 is 0. The number of allylic oxidation sites excluding steroid dienone is 1. The first-order valence-corrected chi connectivity index (χ1v) is 12.6. The van der Waals surface area contributed by atoms with E-state index in [4.69, 9.17) is 14.2 Å². The maximum atomic E-state index is 13.9. The molecule has 0 amide bonds. The second-order valence-electron chi connectivity index (χ2n) is 11.0. The second kappa shape index (κ2) is 8.57. The Morgan fingerprint density at radius 3 is 2.56 bits per heavy atom. The molecule has 0 aromatic carbocycles. The van der Waals surface area contributed by atoms with E-state index in [-0.39, 0.29) is 30.0 Å². The first-order chi connectivity index (χ1) is 17.0. The summed E-state index contributed by atoms with van der Waals surface area (Å²) in [5.74, 6) is -2.71. The summed E-state index contributed by atoms with van der Waals surface area (Å²) in [5, 5.41) is 11.5. The van der Waals surface area contributed by atoms with Crippen molar-refractivity contribution in [2.75, 3.05) is 26.8 Å². The van der Waals surface area contributed by atoms with Gasteiger partial charge in [0.1, 0.15) is 18.0 Å². The number of likely N-dealkylation sites (tertiary alicyclic amines) is 1. The SMILES string of the molecule is COC[C@H]1OC(=O)/C(=C/N2CCCC2)C2=C(O)C(=O)C3=C(C(OC(C)=O)C[C@]4(C)C(=O)CCC34)[C@]21C. The maximum Gasteiger partial charge on any atom is 0.340 e. The first-order valence-electron chi connectivity index (χ1n) is 12.6. The van der Waals surface area contributed by atoms with Gasteiger partial charge in [0, 0.05) is 68.6 Å². The third-order valence-electron chi connectivity index (χ3n) is 8.87. The number of hydrogen-bond acceptors (Lipinski definition) is 9. The minimum Gasteiger partial charge on any atom is -0.504 e. The highest BCUT2D eigenvalue weighted by Crippen LogP contribution is 2.62. The van der Waals surface area contributed by atoms with E-state index in [0.29, 0.717) is 24.0 Å². The highest BCUT2D eigenvalue weighted by atomic mass is 16.6. The average Bonchev–Trinajstić information content (AvgIpc) is 3.42. The van der Waals surface area contributed by atoms with Crippen LogP contribution in [0.25, 0.3) is 0 Å². The van der Waals surface area contributed by atoms with Crippen molar-refractivity contribution in [3.05, 3.63) is 34.3 Å². The Balaban J connectivity index is 1.77. The van der Waals surface area contributed by atoms with Gasteiger partial charge in [0.15, 0.2) is 5.76 Å². The lowest BCUT2D eigenvalue weighted by Gasteiger charge is -2.53. The summed E-state index contributed by atoms with van der Waals surface area (Å²) < 4.78 is 17.1. The van der Waals surface area contributed by atoms with Gasteiger partial charge in [0.25, 0.3) is 0 Å². The van der Waals surface area contributed by atoms with Crippen molar-refractivity contribution >= 4 is 23.5 Å². The van der Waals surface area contributed by atoms with E-state index in [1.54, 1.807) is 6.20 Å². The van der Waals surface area contributed by atoms with E-state index < -0.39 is 52.4 Å². The monoisotopic (exact) mass is 499 g/mol. The van der Waals surface area contributed by atoms with Crippen LogP contribution in [0.2, 0.25) is 0 Å². The van der Waals surface area contributed by atoms with Crippen LogP contribution < -0.4 is 0 Å². The molecule has 9 nitrogen and oxygen atoms in total. The Morgan fingerprint density at radius 1 is 1.22 bits per heavy atom. The van der Waals surface area contributed by atoms with Crippen molar-refractivity contribution in [2.45, 2.75) is 65.1 Å². The number of aliphatic hydroxyl groups excluding tert-OH is 1. The van der Waals surface area contributed by atoms with Crippen molar-refractivity contribution in [1.29, 1.82) is 0 Å². The van der Waals surface area contributed by atoms with Gasteiger partial charge in [-0.05, 0) is 31.8 Å². The molecule has 1 saturated carbocycles. The summed E-state index contributed by atoms with van der Waals surface area (Å²) in [6.07, 6.45) is 2.87. The maximum absolute atomic E-state index is 13.9. The lowest BCUT2D eigenvalue weighted by atomic mass is 9.53. The molecule has 194 valence electrons. The molecule has 0 radical (unpaired) electrons. The number of hydrogen-bond donors (Lipinski definition) is 1. The predicted molar refractivity (Wildman–Crippen MR) is 126 cm³/mol. The molecule has 2 unspecified atom stereocenters. The molecule has 1 N–H and O–H groups in total. The normalized spacial score (nSPS) is 37.2. The molecule has 0 spiro atoms. The van der Waals surface area contributed by atoms with Crippen LogP contribution in [-0.4, -0.2) is 72.5 Å². The Morgan fingerprint density at radius 2 is 1.92 bits per heavy atom. The number of Topliss-reactive ketones (excluding diaryl/α,β-unsaturated/α-hetero) is 2. The molecule has 36 heavy (non-hydrogen) atoms. The number of fused-ring (bicyclic) bond motifs is 4. The number of ketones is 2. The van der Waals surface area contributed by atoms with Crippen LogP contribution in [0.15, 0.2) is 34.3 Å². The zero-order valence-corrected chi connectivity index (χ0v) is 21.2. The highest BCUT2D eigenvalue weighted by molar-refractivity contribution is 6.14. The zero-order valence-electron chi connectivity index (χ0n) is 21.2. The Hall–Kier alpha value is -2.94. The van der Waals surface area contributed by atoms with E-state index in [9.17, 15) is 24.3 Å². The Labute approximate surface area is 210 Å². The fourth-order valence-corrected chi connectivity index (χ4v) is 7.14. The molecule has 2 aliphatic heterocycles. The average molecular weight is 500 g/mol. The summed E-state index contributed by atoms with van der Waals surface area (Å²) in [6, 6.07) is 0. The van der Waals surface area contributed by atoms with Crippen LogP contribution in [-0.2, 0) is 33.4 Å². The topological polar surface area (TPSA) is 119 Å². The largest absolute Gasteiger partial charge is 0.504 e.